The number of nitro groups is 1. The Bertz CT molecular complexity index is 684. The van der Waals surface area contributed by atoms with Gasteiger partial charge in [0, 0.05) is 12.1 Å². The van der Waals surface area contributed by atoms with Crippen molar-refractivity contribution >= 4 is 11.6 Å². The summed E-state index contributed by atoms with van der Waals surface area (Å²) in [6.45, 7) is 0.774. The third-order valence-electron chi connectivity index (χ3n) is 3.66. The number of hydrogen-bond donors (Lipinski definition) is 2. The van der Waals surface area contributed by atoms with Gasteiger partial charge in [0.15, 0.2) is 0 Å². The van der Waals surface area contributed by atoms with E-state index in [1.165, 1.54) is 17.0 Å². The molecule has 0 saturated heterocycles. The van der Waals surface area contributed by atoms with Crippen LogP contribution in [0.4, 0.5) is 5.69 Å². The number of rotatable bonds is 7. The van der Waals surface area contributed by atoms with Crippen molar-refractivity contribution in [2.24, 2.45) is 0 Å². The molecule has 0 heterocycles. The lowest BCUT2D eigenvalue weighted by atomic mass is 10.1. The lowest BCUT2D eigenvalue weighted by Gasteiger charge is -2.21. The average molecular weight is 328 g/mol. The number of hydrogen-bond acceptors (Lipinski definition) is 3. The van der Waals surface area contributed by atoms with Crippen molar-refractivity contribution < 1.29 is 14.6 Å². The largest absolute Gasteiger partial charge is 0.343 e. The first-order valence-corrected chi connectivity index (χ1v) is 7.82. The van der Waals surface area contributed by atoms with Crippen LogP contribution >= 0.6 is 0 Å². The van der Waals surface area contributed by atoms with Gasteiger partial charge >= 0.3 is 0 Å². The smallest absolute Gasteiger partial charge is 0.269 e. The molecule has 2 aromatic carbocycles. The van der Waals surface area contributed by atoms with Crippen LogP contribution < -0.4 is 10.2 Å². The molecule has 6 nitrogen and oxygen atoms in total. The van der Waals surface area contributed by atoms with Crippen LogP contribution in [0.5, 0.6) is 0 Å². The monoisotopic (exact) mass is 328 g/mol. The minimum absolute atomic E-state index is 0.0255. The summed E-state index contributed by atoms with van der Waals surface area (Å²) in [6.07, 6.45) is 0.199. The normalized spacial score (nSPS) is 12.0. The third kappa shape index (κ3) is 5.17. The molecule has 0 aromatic heterocycles. The van der Waals surface area contributed by atoms with Crippen LogP contribution in [0.2, 0.25) is 0 Å². The van der Waals surface area contributed by atoms with Crippen LogP contribution in [0.1, 0.15) is 17.2 Å². The van der Waals surface area contributed by atoms with Crippen LogP contribution in [0.25, 0.3) is 0 Å². The van der Waals surface area contributed by atoms with Crippen LogP contribution in [0, 0.1) is 10.1 Å². The van der Waals surface area contributed by atoms with Crippen molar-refractivity contribution in [2.45, 2.75) is 12.5 Å². The van der Waals surface area contributed by atoms with E-state index in [0.717, 1.165) is 17.7 Å². The molecule has 0 unspecified atom stereocenters. The van der Waals surface area contributed by atoms with Crippen molar-refractivity contribution in [2.75, 3.05) is 20.6 Å². The predicted molar refractivity (Wildman–Crippen MR) is 91.8 cm³/mol. The highest BCUT2D eigenvalue weighted by atomic mass is 16.6. The number of likely N-dealkylation sites (N-methyl/N-ethyl adjacent to an activating group) is 1. The van der Waals surface area contributed by atoms with Gasteiger partial charge in [-0.2, -0.15) is 0 Å². The predicted octanol–water partition coefficient (Wildman–Crippen LogP) is 1.14. The molecule has 0 spiro atoms. The van der Waals surface area contributed by atoms with Crippen LogP contribution in [0.15, 0.2) is 54.6 Å². The Morgan fingerprint density at radius 3 is 2.29 bits per heavy atom. The van der Waals surface area contributed by atoms with Crippen LogP contribution in [-0.2, 0) is 11.2 Å². The number of benzene rings is 2. The zero-order valence-corrected chi connectivity index (χ0v) is 13.9. The van der Waals surface area contributed by atoms with Crippen molar-refractivity contribution in [3.63, 3.8) is 0 Å². The molecule has 0 fully saturated rings. The first-order valence-electron chi connectivity index (χ1n) is 7.82. The van der Waals surface area contributed by atoms with E-state index in [-0.39, 0.29) is 24.1 Å². The average Bonchev–Trinajstić information content (AvgIpc) is 2.55. The van der Waals surface area contributed by atoms with E-state index in [9.17, 15) is 14.9 Å². The van der Waals surface area contributed by atoms with E-state index >= 15 is 0 Å². The quantitative estimate of drug-likeness (QED) is 0.591. The molecule has 2 aromatic rings. The van der Waals surface area contributed by atoms with Crippen LogP contribution in [0.3, 0.4) is 0 Å². The number of carbonyl (C=O) groups is 1. The molecule has 2 rings (SSSR count). The highest BCUT2D eigenvalue weighted by Gasteiger charge is 2.18. The first kappa shape index (κ1) is 17.6. The Hall–Kier alpha value is -2.73. The summed E-state index contributed by atoms with van der Waals surface area (Å²) in [5.74, 6) is -0.0982. The van der Waals surface area contributed by atoms with Gasteiger partial charge in [0.1, 0.15) is 12.6 Å². The van der Waals surface area contributed by atoms with E-state index in [2.05, 4.69) is 5.32 Å². The van der Waals surface area contributed by atoms with Crippen molar-refractivity contribution in [3.05, 3.63) is 75.8 Å². The molecule has 0 radical (unpaired) electrons. The number of non-ortho nitro benzene ring substituents is 1. The summed E-state index contributed by atoms with van der Waals surface area (Å²) in [7, 11) is 4.08. The standard InChI is InChI=1S/C18H21N3O3/c1-20(2)13-17(15-6-4-3-5-7-15)19-18(22)12-14-8-10-16(11-9-14)21(23)24/h3-11,17H,12-13H2,1-2H3,(H,19,22)/p+1/t17-/m1/s1. The number of nitrogens with one attached hydrogen (secondary N) is 2. The minimum atomic E-state index is -0.449. The third-order valence-corrected chi connectivity index (χ3v) is 3.66. The summed E-state index contributed by atoms with van der Waals surface area (Å²) in [5, 5.41) is 13.7. The fraction of sp³-hybridized carbons (Fsp3) is 0.278. The summed E-state index contributed by atoms with van der Waals surface area (Å²) in [4.78, 5) is 23.8. The van der Waals surface area contributed by atoms with E-state index in [0.29, 0.717) is 0 Å². The van der Waals surface area contributed by atoms with Gasteiger partial charge in [-0.1, -0.05) is 42.5 Å². The van der Waals surface area contributed by atoms with Crippen molar-refractivity contribution in [1.82, 2.24) is 5.32 Å². The molecular weight excluding hydrogens is 306 g/mol. The lowest BCUT2D eigenvalue weighted by Crippen LogP contribution is -3.06. The maximum Gasteiger partial charge on any atom is 0.269 e. The molecule has 0 aliphatic heterocycles. The fourth-order valence-corrected chi connectivity index (χ4v) is 2.51. The molecule has 2 N–H and O–H groups in total. The Morgan fingerprint density at radius 1 is 1.12 bits per heavy atom. The van der Waals surface area contributed by atoms with E-state index in [1.807, 2.05) is 44.4 Å². The van der Waals surface area contributed by atoms with Gasteiger partial charge in [0.2, 0.25) is 5.91 Å². The second kappa shape index (κ2) is 8.21. The van der Waals surface area contributed by atoms with Gasteiger partial charge in [0.25, 0.3) is 5.69 Å². The zero-order chi connectivity index (χ0) is 17.5. The van der Waals surface area contributed by atoms with Gasteiger partial charge in [-0.3, -0.25) is 14.9 Å². The topological polar surface area (TPSA) is 76.7 Å². The first-order chi connectivity index (χ1) is 11.5. The highest BCUT2D eigenvalue weighted by molar-refractivity contribution is 5.79. The van der Waals surface area contributed by atoms with E-state index in [1.54, 1.807) is 12.1 Å². The zero-order valence-electron chi connectivity index (χ0n) is 13.9. The fourth-order valence-electron chi connectivity index (χ4n) is 2.51. The molecule has 1 amide bonds. The SMILES string of the molecule is C[NH+](C)C[C@@H](NC(=O)Cc1ccc([N+](=O)[O-])cc1)c1ccccc1. The van der Waals surface area contributed by atoms with Gasteiger partial charge < -0.3 is 10.2 Å². The molecule has 6 heteroatoms. The molecule has 0 bridgehead atoms. The summed E-state index contributed by atoms with van der Waals surface area (Å²) in [5.41, 5.74) is 1.84. The summed E-state index contributed by atoms with van der Waals surface area (Å²) in [6, 6.07) is 15.9. The second-order valence-electron chi connectivity index (χ2n) is 6.04. The Balaban J connectivity index is 2.03. The van der Waals surface area contributed by atoms with E-state index < -0.39 is 4.92 Å². The van der Waals surface area contributed by atoms with Crippen LogP contribution in [-0.4, -0.2) is 31.5 Å². The Labute approximate surface area is 141 Å². The molecule has 24 heavy (non-hydrogen) atoms. The maximum absolute atomic E-state index is 12.3. The summed E-state index contributed by atoms with van der Waals surface area (Å²) < 4.78 is 0. The molecule has 126 valence electrons. The Kier molecular flexibility index (Phi) is 6.03. The number of nitrogens with zero attached hydrogens (tertiary/aromatic N) is 1. The van der Waals surface area contributed by atoms with Gasteiger partial charge in [-0.25, -0.2) is 0 Å². The highest BCUT2D eigenvalue weighted by Crippen LogP contribution is 2.14. The maximum atomic E-state index is 12.3. The number of nitro benzene ring substituents is 1. The number of quaternary nitrogens is 1. The molecular formula is C18H22N3O3+. The lowest BCUT2D eigenvalue weighted by molar-refractivity contribution is -0.860. The van der Waals surface area contributed by atoms with E-state index in [4.69, 9.17) is 0 Å². The van der Waals surface area contributed by atoms with Gasteiger partial charge in [-0.05, 0) is 11.1 Å². The second-order valence-corrected chi connectivity index (χ2v) is 6.04. The van der Waals surface area contributed by atoms with Gasteiger partial charge in [0.05, 0.1) is 25.4 Å². The minimum Gasteiger partial charge on any atom is -0.343 e. The van der Waals surface area contributed by atoms with Crippen molar-refractivity contribution in [3.8, 4) is 0 Å². The molecule has 0 aliphatic rings. The number of amides is 1. The van der Waals surface area contributed by atoms with Crippen molar-refractivity contribution in [1.29, 1.82) is 0 Å². The summed E-state index contributed by atoms with van der Waals surface area (Å²) >= 11 is 0. The van der Waals surface area contributed by atoms with Gasteiger partial charge in [-0.15, -0.1) is 0 Å². The molecule has 1 atom stereocenters. The number of carbonyl (C=O) groups excluding carboxylic acids is 1. The molecule has 0 aliphatic carbocycles. The Morgan fingerprint density at radius 2 is 1.75 bits per heavy atom. The molecule has 0 saturated carbocycles.